The van der Waals surface area contributed by atoms with Crippen LogP contribution in [0.1, 0.15) is 57.6 Å². The third-order valence-corrected chi connectivity index (χ3v) is 3.98. The summed E-state index contributed by atoms with van der Waals surface area (Å²) in [4.78, 5) is 2.47. The number of nitrogens with zero attached hydrogens (tertiary/aromatic N) is 1. The van der Waals surface area contributed by atoms with Crippen molar-refractivity contribution in [2.45, 2.75) is 52.1 Å². The van der Waals surface area contributed by atoms with E-state index in [4.69, 9.17) is 11.6 Å². The van der Waals surface area contributed by atoms with Gasteiger partial charge in [-0.2, -0.15) is 0 Å². The van der Waals surface area contributed by atoms with Crippen molar-refractivity contribution >= 4 is 11.6 Å². The van der Waals surface area contributed by atoms with Crippen LogP contribution in [-0.4, -0.2) is 29.6 Å². The fraction of sp³-hybridized carbons (Fsp3) is 0.647. The molecule has 3 heteroatoms. The average molecular weight is 298 g/mol. The quantitative estimate of drug-likeness (QED) is 0.678. The molecule has 1 aromatic rings. The van der Waals surface area contributed by atoms with Gasteiger partial charge in [-0.3, -0.25) is 0 Å². The summed E-state index contributed by atoms with van der Waals surface area (Å²) in [5, 5.41) is 11.0. The van der Waals surface area contributed by atoms with Gasteiger partial charge in [0.05, 0.1) is 6.10 Å². The molecule has 1 unspecified atom stereocenters. The Morgan fingerprint density at radius 2 is 1.65 bits per heavy atom. The molecule has 0 aliphatic heterocycles. The predicted octanol–water partition coefficient (Wildman–Crippen LogP) is 4.67. The lowest BCUT2D eigenvalue weighted by atomic mass is 10.1. The molecule has 1 N–H and O–H groups in total. The molecular formula is C17H28ClNO. The third kappa shape index (κ3) is 6.25. The van der Waals surface area contributed by atoms with Crippen molar-refractivity contribution in [3.8, 4) is 0 Å². The molecule has 0 spiro atoms. The Morgan fingerprint density at radius 3 is 2.20 bits per heavy atom. The molecule has 20 heavy (non-hydrogen) atoms. The Labute approximate surface area is 128 Å². The SMILES string of the molecule is CCCCN(CCCC)CCC(O)c1ccccc1Cl. The van der Waals surface area contributed by atoms with Crippen molar-refractivity contribution in [2.24, 2.45) is 0 Å². The Hall–Kier alpha value is -0.570. The van der Waals surface area contributed by atoms with Crippen LogP contribution in [0.4, 0.5) is 0 Å². The van der Waals surface area contributed by atoms with E-state index >= 15 is 0 Å². The normalized spacial score (nSPS) is 12.8. The van der Waals surface area contributed by atoms with Gasteiger partial charge < -0.3 is 10.0 Å². The molecule has 114 valence electrons. The Balaban J connectivity index is 2.46. The Morgan fingerprint density at radius 1 is 1.05 bits per heavy atom. The van der Waals surface area contributed by atoms with Crippen LogP contribution in [0.15, 0.2) is 24.3 Å². The summed E-state index contributed by atoms with van der Waals surface area (Å²) in [5.41, 5.74) is 0.847. The first-order chi connectivity index (χ1) is 9.69. The highest BCUT2D eigenvalue weighted by Gasteiger charge is 2.13. The lowest BCUT2D eigenvalue weighted by Crippen LogP contribution is -2.28. The van der Waals surface area contributed by atoms with E-state index in [2.05, 4.69) is 18.7 Å². The lowest BCUT2D eigenvalue weighted by Gasteiger charge is -2.23. The van der Waals surface area contributed by atoms with E-state index in [1.807, 2.05) is 24.3 Å². The standard InChI is InChI=1S/C17H28ClNO/c1-3-5-12-19(13-6-4-2)14-11-17(20)15-9-7-8-10-16(15)18/h7-10,17,20H,3-6,11-14H2,1-2H3. The number of hydrogen-bond donors (Lipinski definition) is 1. The van der Waals surface area contributed by atoms with Gasteiger partial charge in [-0.25, -0.2) is 0 Å². The van der Waals surface area contributed by atoms with Crippen molar-refractivity contribution in [2.75, 3.05) is 19.6 Å². The second-order valence-corrected chi connectivity index (χ2v) is 5.78. The van der Waals surface area contributed by atoms with E-state index in [9.17, 15) is 5.11 Å². The lowest BCUT2D eigenvalue weighted by molar-refractivity contribution is 0.140. The van der Waals surface area contributed by atoms with E-state index in [0.717, 1.165) is 31.6 Å². The van der Waals surface area contributed by atoms with Gasteiger partial charge >= 0.3 is 0 Å². The van der Waals surface area contributed by atoms with Gasteiger partial charge in [0, 0.05) is 11.6 Å². The van der Waals surface area contributed by atoms with Crippen LogP contribution in [-0.2, 0) is 0 Å². The first kappa shape index (κ1) is 17.5. The summed E-state index contributed by atoms with van der Waals surface area (Å²) < 4.78 is 0. The molecule has 0 aliphatic carbocycles. The van der Waals surface area contributed by atoms with Gasteiger partial charge in [-0.1, -0.05) is 56.5 Å². The number of benzene rings is 1. The largest absolute Gasteiger partial charge is 0.388 e. The highest BCUT2D eigenvalue weighted by Crippen LogP contribution is 2.25. The molecule has 0 heterocycles. The maximum atomic E-state index is 10.3. The molecule has 2 nitrogen and oxygen atoms in total. The molecular weight excluding hydrogens is 270 g/mol. The second kappa shape index (κ2) is 10.2. The zero-order valence-electron chi connectivity index (χ0n) is 12.8. The Bertz CT molecular complexity index is 362. The van der Waals surface area contributed by atoms with Crippen LogP contribution < -0.4 is 0 Å². The first-order valence-corrected chi connectivity index (χ1v) is 8.21. The van der Waals surface area contributed by atoms with Crippen LogP contribution in [0, 0.1) is 0 Å². The molecule has 0 radical (unpaired) electrons. The molecule has 1 rings (SSSR count). The summed E-state index contributed by atoms with van der Waals surface area (Å²) in [5.74, 6) is 0. The van der Waals surface area contributed by atoms with Gasteiger partial charge in [0.2, 0.25) is 0 Å². The fourth-order valence-corrected chi connectivity index (χ4v) is 2.57. The van der Waals surface area contributed by atoms with Crippen molar-refractivity contribution < 1.29 is 5.11 Å². The highest BCUT2D eigenvalue weighted by atomic mass is 35.5. The molecule has 1 aromatic carbocycles. The van der Waals surface area contributed by atoms with Crippen LogP contribution in [0.2, 0.25) is 5.02 Å². The minimum Gasteiger partial charge on any atom is -0.388 e. The fourth-order valence-electron chi connectivity index (χ4n) is 2.30. The Kier molecular flexibility index (Phi) is 8.92. The van der Waals surface area contributed by atoms with Crippen molar-refractivity contribution in [3.63, 3.8) is 0 Å². The number of unbranched alkanes of at least 4 members (excludes halogenated alkanes) is 2. The number of hydrogen-bond acceptors (Lipinski definition) is 2. The van der Waals surface area contributed by atoms with Gasteiger partial charge in [-0.05, 0) is 44.0 Å². The number of aliphatic hydroxyl groups excluding tert-OH is 1. The molecule has 0 aromatic heterocycles. The van der Waals surface area contributed by atoms with Crippen LogP contribution >= 0.6 is 11.6 Å². The van der Waals surface area contributed by atoms with E-state index in [0.29, 0.717) is 5.02 Å². The molecule has 0 bridgehead atoms. The number of aliphatic hydroxyl groups is 1. The molecule has 1 atom stereocenters. The van der Waals surface area contributed by atoms with Crippen LogP contribution in [0.5, 0.6) is 0 Å². The zero-order chi connectivity index (χ0) is 14.8. The minimum absolute atomic E-state index is 0.463. The van der Waals surface area contributed by atoms with E-state index in [1.165, 1.54) is 25.7 Å². The maximum Gasteiger partial charge on any atom is 0.0816 e. The smallest absolute Gasteiger partial charge is 0.0816 e. The van der Waals surface area contributed by atoms with E-state index in [-0.39, 0.29) is 0 Å². The van der Waals surface area contributed by atoms with Gasteiger partial charge in [-0.15, -0.1) is 0 Å². The average Bonchev–Trinajstić information content (AvgIpc) is 2.46. The highest BCUT2D eigenvalue weighted by molar-refractivity contribution is 6.31. The summed E-state index contributed by atoms with van der Waals surface area (Å²) >= 11 is 6.13. The van der Waals surface area contributed by atoms with Crippen molar-refractivity contribution in [1.29, 1.82) is 0 Å². The van der Waals surface area contributed by atoms with E-state index < -0.39 is 6.10 Å². The summed E-state index contributed by atoms with van der Waals surface area (Å²) in [7, 11) is 0. The van der Waals surface area contributed by atoms with Crippen LogP contribution in [0.25, 0.3) is 0 Å². The molecule has 0 saturated heterocycles. The summed E-state index contributed by atoms with van der Waals surface area (Å²) in [6.45, 7) is 7.64. The molecule has 0 fully saturated rings. The second-order valence-electron chi connectivity index (χ2n) is 5.37. The molecule has 0 saturated carbocycles. The molecule has 0 amide bonds. The monoisotopic (exact) mass is 297 g/mol. The van der Waals surface area contributed by atoms with Gasteiger partial charge in [0.25, 0.3) is 0 Å². The number of rotatable bonds is 10. The van der Waals surface area contributed by atoms with Crippen molar-refractivity contribution in [3.05, 3.63) is 34.9 Å². The van der Waals surface area contributed by atoms with Gasteiger partial charge in [0.15, 0.2) is 0 Å². The molecule has 0 aliphatic rings. The number of halogens is 1. The third-order valence-electron chi connectivity index (χ3n) is 3.64. The van der Waals surface area contributed by atoms with Gasteiger partial charge in [0.1, 0.15) is 0 Å². The minimum atomic E-state index is -0.463. The predicted molar refractivity (Wildman–Crippen MR) is 87.3 cm³/mol. The topological polar surface area (TPSA) is 23.5 Å². The summed E-state index contributed by atoms with van der Waals surface area (Å²) in [6.07, 6.45) is 5.18. The van der Waals surface area contributed by atoms with Crippen molar-refractivity contribution in [1.82, 2.24) is 4.90 Å². The first-order valence-electron chi connectivity index (χ1n) is 7.83. The maximum absolute atomic E-state index is 10.3. The zero-order valence-corrected chi connectivity index (χ0v) is 13.6. The summed E-state index contributed by atoms with van der Waals surface area (Å²) in [6, 6.07) is 7.57. The van der Waals surface area contributed by atoms with E-state index in [1.54, 1.807) is 0 Å². The van der Waals surface area contributed by atoms with Crippen LogP contribution in [0.3, 0.4) is 0 Å².